The predicted octanol–water partition coefficient (Wildman–Crippen LogP) is 1.08. The molecule has 0 radical (unpaired) electrons. The molecule has 4 nitrogen and oxygen atoms in total. The summed E-state index contributed by atoms with van der Waals surface area (Å²) in [5, 5.41) is 10.9. The van der Waals surface area contributed by atoms with E-state index in [-0.39, 0.29) is 31.5 Å². The molecule has 0 saturated carbocycles. The number of benzene rings is 1. The van der Waals surface area contributed by atoms with Crippen LogP contribution in [0.5, 0.6) is 5.75 Å². The zero-order valence-electron chi connectivity index (χ0n) is 8.37. The molecule has 88 valence electrons. The van der Waals surface area contributed by atoms with Crippen molar-refractivity contribution in [3.8, 4) is 5.75 Å². The average Bonchev–Trinajstić information content (AvgIpc) is 2.25. The maximum absolute atomic E-state index is 12.7. The Morgan fingerprint density at radius 3 is 2.94 bits per heavy atom. The molecular weight excluding hydrogens is 281 g/mol. The Hall–Kier alpha value is -1.14. The lowest BCUT2D eigenvalue weighted by molar-refractivity contribution is -0.123. The van der Waals surface area contributed by atoms with Crippen molar-refractivity contribution in [2.24, 2.45) is 0 Å². The van der Waals surface area contributed by atoms with Crippen molar-refractivity contribution in [1.82, 2.24) is 5.32 Å². The van der Waals surface area contributed by atoms with Crippen LogP contribution in [0.15, 0.2) is 22.7 Å². The van der Waals surface area contributed by atoms with E-state index in [9.17, 15) is 9.18 Å². The first-order valence-corrected chi connectivity index (χ1v) is 5.38. The fourth-order valence-corrected chi connectivity index (χ4v) is 1.45. The molecule has 1 aromatic rings. The maximum atomic E-state index is 12.7. The van der Waals surface area contributed by atoms with Gasteiger partial charge in [-0.25, -0.2) is 4.39 Å². The minimum atomic E-state index is -0.385. The molecule has 1 amide bonds. The third kappa shape index (κ3) is 4.16. The van der Waals surface area contributed by atoms with Gasteiger partial charge in [-0.05, 0) is 34.1 Å². The number of aliphatic hydroxyl groups excluding tert-OH is 1. The lowest BCUT2D eigenvalue weighted by atomic mass is 10.3. The van der Waals surface area contributed by atoms with Crippen molar-refractivity contribution in [3.63, 3.8) is 0 Å². The van der Waals surface area contributed by atoms with E-state index in [1.165, 1.54) is 18.2 Å². The molecule has 0 aliphatic rings. The highest BCUT2D eigenvalue weighted by molar-refractivity contribution is 9.10. The quantitative estimate of drug-likeness (QED) is 0.853. The fourth-order valence-electron chi connectivity index (χ4n) is 0.982. The zero-order chi connectivity index (χ0) is 12.0. The van der Waals surface area contributed by atoms with Crippen LogP contribution in [-0.2, 0) is 4.79 Å². The van der Waals surface area contributed by atoms with Gasteiger partial charge in [-0.1, -0.05) is 0 Å². The van der Waals surface area contributed by atoms with Crippen LogP contribution >= 0.6 is 15.9 Å². The molecule has 0 atom stereocenters. The highest BCUT2D eigenvalue weighted by atomic mass is 79.9. The zero-order valence-corrected chi connectivity index (χ0v) is 9.96. The van der Waals surface area contributed by atoms with Gasteiger partial charge in [0.2, 0.25) is 0 Å². The number of hydrogen-bond acceptors (Lipinski definition) is 3. The summed E-state index contributed by atoms with van der Waals surface area (Å²) in [6.07, 6.45) is 0. The van der Waals surface area contributed by atoms with Gasteiger partial charge in [0.1, 0.15) is 11.6 Å². The number of ether oxygens (including phenoxy) is 1. The van der Waals surface area contributed by atoms with E-state index in [0.29, 0.717) is 10.2 Å². The molecular formula is C10H11BrFNO3. The number of rotatable bonds is 5. The SMILES string of the molecule is O=C(COc1ccc(F)cc1Br)NCCO. The molecule has 0 bridgehead atoms. The standard InChI is InChI=1S/C10H11BrFNO3/c11-8-5-7(12)1-2-9(8)16-6-10(15)13-3-4-14/h1-2,5,14H,3-4,6H2,(H,13,15). The van der Waals surface area contributed by atoms with Gasteiger partial charge in [-0.15, -0.1) is 0 Å². The molecule has 0 unspecified atom stereocenters. The number of hydrogen-bond donors (Lipinski definition) is 2. The van der Waals surface area contributed by atoms with E-state index in [1.54, 1.807) is 0 Å². The number of amides is 1. The van der Waals surface area contributed by atoms with Crippen LogP contribution < -0.4 is 10.1 Å². The second-order valence-corrected chi connectivity index (χ2v) is 3.79. The van der Waals surface area contributed by atoms with Crippen LogP contribution in [0.1, 0.15) is 0 Å². The lowest BCUT2D eigenvalue weighted by Gasteiger charge is -2.08. The van der Waals surface area contributed by atoms with Gasteiger partial charge >= 0.3 is 0 Å². The van der Waals surface area contributed by atoms with Crippen LogP contribution in [-0.4, -0.2) is 30.8 Å². The Morgan fingerprint density at radius 2 is 2.31 bits per heavy atom. The number of halogens is 2. The summed E-state index contributed by atoms with van der Waals surface area (Å²) in [4.78, 5) is 11.1. The molecule has 6 heteroatoms. The van der Waals surface area contributed by atoms with Crippen LogP contribution in [0.25, 0.3) is 0 Å². The monoisotopic (exact) mass is 291 g/mol. The summed E-state index contributed by atoms with van der Waals surface area (Å²) in [6.45, 7) is -0.108. The number of carbonyl (C=O) groups excluding carboxylic acids is 1. The van der Waals surface area contributed by atoms with Gasteiger partial charge in [-0.3, -0.25) is 4.79 Å². The molecule has 16 heavy (non-hydrogen) atoms. The summed E-state index contributed by atoms with van der Waals surface area (Å²) < 4.78 is 18.3. The van der Waals surface area contributed by atoms with Crippen LogP contribution in [0.2, 0.25) is 0 Å². The molecule has 0 spiro atoms. The number of carbonyl (C=O) groups is 1. The minimum Gasteiger partial charge on any atom is -0.483 e. The molecule has 0 saturated heterocycles. The molecule has 1 rings (SSSR count). The van der Waals surface area contributed by atoms with Crippen molar-refractivity contribution in [2.45, 2.75) is 0 Å². The summed E-state index contributed by atoms with van der Waals surface area (Å²) in [6, 6.07) is 3.92. The van der Waals surface area contributed by atoms with E-state index < -0.39 is 0 Å². The molecule has 0 aliphatic heterocycles. The van der Waals surface area contributed by atoms with Gasteiger partial charge < -0.3 is 15.2 Å². The molecule has 1 aromatic carbocycles. The van der Waals surface area contributed by atoms with Crippen LogP contribution in [0.3, 0.4) is 0 Å². The van der Waals surface area contributed by atoms with Gasteiger partial charge in [0, 0.05) is 6.54 Å². The average molecular weight is 292 g/mol. The third-order valence-corrected chi connectivity index (χ3v) is 2.31. The summed E-state index contributed by atoms with van der Waals surface area (Å²) in [5.41, 5.74) is 0. The summed E-state index contributed by atoms with van der Waals surface area (Å²) >= 11 is 3.11. The Bertz CT molecular complexity index is 373. The number of aliphatic hydroxyl groups is 1. The smallest absolute Gasteiger partial charge is 0.258 e. The van der Waals surface area contributed by atoms with E-state index in [0.717, 1.165) is 0 Å². The second kappa shape index (κ2) is 6.44. The minimum absolute atomic E-state index is 0.119. The Morgan fingerprint density at radius 1 is 1.56 bits per heavy atom. The molecule has 0 aromatic heterocycles. The topological polar surface area (TPSA) is 58.6 Å². The first-order valence-electron chi connectivity index (χ1n) is 4.59. The Balaban J connectivity index is 2.45. The van der Waals surface area contributed by atoms with Crippen molar-refractivity contribution in [2.75, 3.05) is 19.8 Å². The van der Waals surface area contributed by atoms with E-state index in [4.69, 9.17) is 9.84 Å². The van der Waals surface area contributed by atoms with Crippen molar-refractivity contribution in [3.05, 3.63) is 28.5 Å². The number of nitrogens with one attached hydrogen (secondary N) is 1. The van der Waals surface area contributed by atoms with Gasteiger partial charge in [0.05, 0.1) is 11.1 Å². The first kappa shape index (κ1) is 12.9. The highest BCUT2D eigenvalue weighted by Crippen LogP contribution is 2.25. The third-order valence-electron chi connectivity index (χ3n) is 1.69. The summed E-state index contributed by atoms with van der Waals surface area (Å²) in [7, 11) is 0. The highest BCUT2D eigenvalue weighted by Gasteiger charge is 2.05. The molecule has 0 aliphatic carbocycles. The molecule has 0 heterocycles. The van der Waals surface area contributed by atoms with Crippen molar-refractivity contribution in [1.29, 1.82) is 0 Å². The normalized spacial score (nSPS) is 9.94. The summed E-state index contributed by atoms with van der Waals surface area (Å²) in [5.74, 6) is -0.338. The predicted molar refractivity (Wildman–Crippen MR) is 59.7 cm³/mol. The van der Waals surface area contributed by atoms with Crippen LogP contribution in [0, 0.1) is 5.82 Å². The Labute approximate surface area is 101 Å². The maximum Gasteiger partial charge on any atom is 0.258 e. The lowest BCUT2D eigenvalue weighted by Crippen LogP contribution is -2.31. The van der Waals surface area contributed by atoms with Gasteiger partial charge in [-0.2, -0.15) is 0 Å². The van der Waals surface area contributed by atoms with E-state index >= 15 is 0 Å². The fraction of sp³-hybridized carbons (Fsp3) is 0.300. The van der Waals surface area contributed by atoms with E-state index in [2.05, 4.69) is 21.2 Å². The van der Waals surface area contributed by atoms with Gasteiger partial charge in [0.15, 0.2) is 6.61 Å². The largest absolute Gasteiger partial charge is 0.483 e. The van der Waals surface area contributed by atoms with E-state index in [1.807, 2.05) is 0 Å². The van der Waals surface area contributed by atoms with Gasteiger partial charge in [0.25, 0.3) is 5.91 Å². The molecule has 0 fully saturated rings. The van der Waals surface area contributed by atoms with Crippen LogP contribution in [0.4, 0.5) is 4.39 Å². The first-order chi connectivity index (χ1) is 7.63. The second-order valence-electron chi connectivity index (χ2n) is 2.94. The molecule has 2 N–H and O–H groups in total. The van der Waals surface area contributed by atoms with Crippen molar-refractivity contribution >= 4 is 21.8 Å². The van der Waals surface area contributed by atoms with Crippen molar-refractivity contribution < 1.29 is 19.0 Å². The Kier molecular flexibility index (Phi) is 5.21.